The van der Waals surface area contributed by atoms with Gasteiger partial charge in [-0.25, -0.2) is 9.59 Å². The maximum absolute atomic E-state index is 13.5. The average molecular weight is 699 g/mol. The van der Waals surface area contributed by atoms with Crippen LogP contribution >= 0.6 is 0 Å². The van der Waals surface area contributed by atoms with Crippen molar-refractivity contribution in [2.24, 2.45) is 17.4 Å². The summed E-state index contributed by atoms with van der Waals surface area (Å²) in [4.78, 5) is 87.7. The number of nitrogens with two attached hydrogens (primary N) is 2. The van der Waals surface area contributed by atoms with Crippen LogP contribution in [0.15, 0.2) is 54.6 Å². The van der Waals surface area contributed by atoms with Crippen LogP contribution in [0.1, 0.15) is 51.2 Å². The number of amides is 4. The van der Waals surface area contributed by atoms with Gasteiger partial charge in [0.25, 0.3) is 0 Å². The average Bonchev–Trinajstić information content (AvgIpc) is 3.06. The van der Waals surface area contributed by atoms with Crippen LogP contribution in [0.5, 0.6) is 5.75 Å². The summed E-state index contributed by atoms with van der Waals surface area (Å²) in [5.41, 5.74) is 13.0. The van der Waals surface area contributed by atoms with E-state index in [4.69, 9.17) is 21.3 Å². The molecule has 0 unspecified atom stereocenters. The Labute approximate surface area is 289 Å². The van der Waals surface area contributed by atoms with E-state index in [1.807, 2.05) is 0 Å². The Morgan fingerprint density at radius 2 is 1.34 bits per heavy atom. The number of hydrogen-bond donors (Lipinski definition) is 8. The quantitative estimate of drug-likeness (QED) is 0.0675. The molecule has 4 amide bonds. The Hall–Kier alpha value is -5.35. The molecule has 2 aromatic rings. The van der Waals surface area contributed by atoms with Gasteiger partial charge < -0.3 is 47.7 Å². The third-order valence-electron chi connectivity index (χ3n) is 7.32. The number of phenols is 1. The minimum atomic E-state index is -1.37. The molecule has 0 aromatic heterocycles. The zero-order valence-corrected chi connectivity index (χ0v) is 28.2. The normalized spacial score (nSPS) is 13.9. The molecule has 0 spiro atoms. The van der Waals surface area contributed by atoms with Crippen molar-refractivity contribution in [1.82, 2.24) is 21.3 Å². The Morgan fingerprint density at radius 3 is 1.94 bits per heavy atom. The van der Waals surface area contributed by atoms with Crippen molar-refractivity contribution in [3.05, 3.63) is 65.7 Å². The number of carboxylic acid groups (broad SMARTS) is 1. The van der Waals surface area contributed by atoms with E-state index in [0.717, 1.165) is 0 Å². The summed E-state index contributed by atoms with van der Waals surface area (Å²) >= 11 is 0. The zero-order valence-electron chi connectivity index (χ0n) is 28.2. The standard InChI is InChI=1S/C34H46N6O10/c1-19(2)15-27(34(49)50-33(48)24(35)13-14-29(43)44)40-32(47)26(17-21-7-5-4-6-8-21)39-28(42)18-37-30(45)20(3)38-31(46)25(36)16-22-9-11-23(41)12-10-22/h4-12,19-20,24-27,41H,13-18,35-36H2,1-3H3,(H,37,45)(H,38,46)(H,39,42)(H,40,47)(H,43,44)/t20-,24+,25+,26+,27+/m1/s1. The molecule has 16 heteroatoms. The van der Waals surface area contributed by atoms with Gasteiger partial charge in [-0.1, -0.05) is 56.3 Å². The van der Waals surface area contributed by atoms with E-state index in [0.29, 0.717) is 11.1 Å². The van der Waals surface area contributed by atoms with Gasteiger partial charge in [0, 0.05) is 12.8 Å². The molecule has 2 rings (SSSR count). The van der Waals surface area contributed by atoms with Crippen molar-refractivity contribution in [1.29, 1.82) is 0 Å². The van der Waals surface area contributed by atoms with Crippen molar-refractivity contribution < 1.29 is 48.5 Å². The van der Waals surface area contributed by atoms with Gasteiger partial charge in [0.15, 0.2) is 0 Å². The van der Waals surface area contributed by atoms with Crippen molar-refractivity contribution in [2.75, 3.05) is 6.54 Å². The van der Waals surface area contributed by atoms with E-state index >= 15 is 0 Å². The second-order valence-corrected chi connectivity index (χ2v) is 12.2. The second-order valence-electron chi connectivity index (χ2n) is 12.2. The lowest BCUT2D eigenvalue weighted by atomic mass is 10.0. The number of hydrogen-bond acceptors (Lipinski definition) is 11. The summed E-state index contributed by atoms with van der Waals surface area (Å²) in [5, 5.41) is 28.2. The van der Waals surface area contributed by atoms with Crippen LogP contribution in [-0.2, 0) is 51.1 Å². The molecule has 272 valence electrons. The molecule has 0 heterocycles. The number of phenolic OH excluding ortho intramolecular Hbond substituents is 1. The molecule has 2 aromatic carbocycles. The Kier molecular flexibility index (Phi) is 16.5. The molecule has 50 heavy (non-hydrogen) atoms. The van der Waals surface area contributed by atoms with Crippen LogP contribution in [0.25, 0.3) is 0 Å². The van der Waals surface area contributed by atoms with Gasteiger partial charge in [-0.2, -0.15) is 0 Å². The number of benzene rings is 2. The molecule has 0 aliphatic heterocycles. The maximum Gasteiger partial charge on any atom is 0.336 e. The van der Waals surface area contributed by atoms with Gasteiger partial charge in [0.1, 0.15) is 29.9 Å². The van der Waals surface area contributed by atoms with Gasteiger partial charge in [0.05, 0.1) is 12.6 Å². The number of aliphatic carboxylic acids is 1. The van der Waals surface area contributed by atoms with E-state index in [2.05, 4.69) is 21.3 Å². The lowest BCUT2D eigenvalue weighted by molar-refractivity contribution is -0.163. The first-order valence-electron chi connectivity index (χ1n) is 16.0. The number of aromatic hydroxyl groups is 1. The monoisotopic (exact) mass is 698 g/mol. The van der Waals surface area contributed by atoms with Crippen LogP contribution in [0.3, 0.4) is 0 Å². The highest BCUT2D eigenvalue weighted by Gasteiger charge is 2.31. The number of rotatable bonds is 19. The van der Waals surface area contributed by atoms with Gasteiger partial charge in [-0.3, -0.25) is 24.0 Å². The molecule has 16 nitrogen and oxygen atoms in total. The van der Waals surface area contributed by atoms with E-state index in [1.54, 1.807) is 56.3 Å². The van der Waals surface area contributed by atoms with Gasteiger partial charge in [-0.15, -0.1) is 0 Å². The Bertz CT molecular complexity index is 1490. The molecule has 0 saturated heterocycles. The lowest BCUT2D eigenvalue weighted by Crippen LogP contribution is -2.55. The van der Waals surface area contributed by atoms with E-state index in [1.165, 1.54) is 19.1 Å². The molecule has 0 fully saturated rings. The summed E-state index contributed by atoms with van der Waals surface area (Å²) in [6, 6.07) is 8.87. The third kappa shape index (κ3) is 14.8. The van der Waals surface area contributed by atoms with Crippen LogP contribution in [-0.4, -0.2) is 88.5 Å². The van der Waals surface area contributed by atoms with Crippen LogP contribution in [0.2, 0.25) is 0 Å². The van der Waals surface area contributed by atoms with Crippen molar-refractivity contribution in [3.8, 4) is 5.75 Å². The van der Waals surface area contributed by atoms with Crippen molar-refractivity contribution in [3.63, 3.8) is 0 Å². The number of carboxylic acids is 1. The number of carbonyl (C=O) groups is 7. The minimum Gasteiger partial charge on any atom is -0.508 e. The second kappa shape index (κ2) is 20.2. The SMILES string of the molecule is CC(C)C[C@H](NC(=O)[C@H](Cc1ccccc1)NC(=O)CNC(=O)[C@@H](C)NC(=O)[C@@H](N)Cc1ccc(O)cc1)C(=O)OC(=O)[C@@H](N)CCC(=O)O. The van der Waals surface area contributed by atoms with Gasteiger partial charge >= 0.3 is 17.9 Å². The first-order valence-corrected chi connectivity index (χ1v) is 16.0. The smallest absolute Gasteiger partial charge is 0.336 e. The summed E-state index contributed by atoms with van der Waals surface area (Å²) in [6.45, 7) is 4.39. The fourth-order valence-corrected chi connectivity index (χ4v) is 4.59. The Balaban J connectivity index is 2.04. The summed E-state index contributed by atoms with van der Waals surface area (Å²) in [5.74, 6) is -6.34. The molecule has 0 saturated carbocycles. The van der Waals surface area contributed by atoms with Gasteiger partial charge in [0.2, 0.25) is 23.6 Å². The summed E-state index contributed by atoms with van der Waals surface area (Å²) < 4.78 is 4.86. The predicted molar refractivity (Wildman–Crippen MR) is 180 cm³/mol. The highest BCUT2D eigenvalue weighted by molar-refractivity contribution is 5.96. The maximum atomic E-state index is 13.5. The molecular weight excluding hydrogens is 652 g/mol. The fraction of sp³-hybridized carbons (Fsp3) is 0.441. The molecule has 5 atom stereocenters. The zero-order chi connectivity index (χ0) is 37.4. The summed E-state index contributed by atoms with van der Waals surface area (Å²) in [6.07, 6.45) is -0.460. The number of esters is 2. The molecular formula is C34H46N6O10. The van der Waals surface area contributed by atoms with Crippen molar-refractivity contribution in [2.45, 2.75) is 83.1 Å². The molecule has 10 N–H and O–H groups in total. The first kappa shape index (κ1) is 40.8. The van der Waals surface area contributed by atoms with E-state index in [9.17, 15) is 38.7 Å². The molecule has 0 aliphatic carbocycles. The highest BCUT2D eigenvalue weighted by atomic mass is 16.6. The topological polar surface area (TPSA) is 269 Å². The largest absolute Gasteiger partial charge is 0.508 e. The number of ether oxygens (including phenoxy) is 1. The highest BCUT2D eigenvalue weighted by Crippen LogP contribution is 2.12. The minimum absolute atomic E-state index is 0.000177. The lowest BCUT2D eigenvalue weighted by Gasteiger charge is -2.24. The Morgan fingerprint density at radius 1 is 0.720 bits per heavy atom. The predicted octanol–water partition coefficient (Wildman–Crippen LogP) is -0.597. The molecule has 0 bridgehead atoms. The van der Waals surface area contributed by atoms with Crippen LogP contribution in [0, 0.1) is 5.92 Å². The molecule has 0 aliphatic rings. The molecule has 0 radical (unpaired) electrons. The van der Waals surface area contributed by atoms with E-state index in [-0.39, 0.29) is 37.4 Å². The van der Waals surface area contributed by atoms with Crippen molar-refractivity contribution >= 4 is 41.5 Å². The third-order valence-corrected chi connectivity index (χ3v) is 7.32. The van der Waals surface area contributed by atoms with Crippen LogP contribution in [0.4, 0.5) is 0 Å². The fourth-order valence-electron chi connectivity index (χ4n) is 4.59. The summed E-state index contributed by atoms with van der Waals surface area (Å²) in [7, 11) is 0. The number of carbonyl (C=O) groups excluding carboxylic acids is 6. The van der Waals surface area contributed by atoms with Gasteiger partial charge in [-0.05, 0) is 55.4 Å². The first-order chi connectivity index (χ1) is 23.5. The van der Waals surface area contributed by atoms with E-state index < -0.39 is 84.7 Å². The van der Waals surface area contributed by atoms with Crippen LogP contribution < -0.4 is 32.7 Å². The number of nitrogens with one attached hydrogen (secondary N) is 4.